The number of carbonyl (C=O) groups is 2. The normalized spacial score (nSPS) is 23.7. The summed E-state index contributed by atoms with van der Waals surface area (Å²) in [6.45, 7) is 2.61. The first-order valence-corrected chi connectivity index (χ1v) is 7.03. The maximum atomic E-state index is 12.6. The molecule has 2 aliphatic heterocycles. The fraction of sp³-hybridized carbons (Fsp3) is 0.467. The lowest BCUT2D eigenvalue weighted by Gasteiger charge is -2.30. The Bertz CT molecular complexity index is 537. The van der Waals surface area contributed by atoms with E-state index in [0.717, 1.165) is 0 Å². The van der Waals surface area contributed by atoms with E-state index in [1.54, 1.807) is 31.4 Å². The maximum absolute atomic E-state index is 12.6. The van der Waals surface area contributed by atoms with Crippen LogP contribution in [-0.4, -0.2) is 56.2 Å². The van der Waals surface area contributed by atoms with Gasteiger partial charge in [-0.15, -0.1) is 0 Å². The van der Waals surface area contributed by atoms with Gasteiger partial charge in [-0.25, -0.2) is 4.90 Å². The van der Waals surface area contributed by atoms with Gasteiger partial charge < -0.3 is 9.47 Å². The van der Waals surface area contributed by atoms with Gasteiger partial charge in [0, 0.05) is 13.1 Å². The molecule has 0 aliphatic carbocycles. The van der Waals surface area contributed by atoms with Gasteiger partial charge in [-0.05, 0) is 24.3 Å². The predicted molar refractivity (Wildman–Crippen MR) is 76.3 cm³/mol. The molecular weight excluding hydrogens is 272 g/mol. The Kier molecular flexibility index (Phi) is 3.90. The number of hydrogen-bond acceptors (Lipinski definition) is 5. The quantitative estimate of drug-likeness (QED) is 0.765. The van der Waals surface area contributed by atoms with Crippen molar-refractivity contribution in [3.8, 4) is 5.75 Å². The minimum Gasteiger partial charge on any atom is -0.497 e. The summed E-state index contributed by atoms with van der Waals surface area (Å²) in [5.74, 6) is 0.399. The van der Waals surface area contributed by atoms with Crippen LogP contribution < -0.4 is 9.64 Å². The highest BCUT2D eigenvalue weighted by molar-refractivity contribution is 6.22. The van der Waals surface area contributed by atoms with Crippen LogP contribution in [0.5, 0.6) is 5.75 Å². The fourth-order valence-corrected chi connectivity index (χ4v) is 2.79. The van der Waals surface area contributed by atoms with Crippen LogP contribution in [0.15, 0.2) is 24.3 Å². The highest BCUT2D eigenvalue weighted by Crippen LogP contribution is 2.27. The van der Waals surface area contributed by atoms with E-state index in [1.807, 2.05) is 4.90 Å². The molecule has 0 saturated carbocycles. The number of carbonyl (C=O) groups excluding carboxylic acids is 2. The molecular formula is C15H18N2O4. The van der Waals surface area contributed by atoms with E-state index in [1.165, 1.54) is 4.90 Å². The van der Waals surface area contributed by atoms with Crippen LogP contribution in [0.25, 0.3) is 0 Å². The molecule has 2 aliphatic rings. The summed E-state index contributed by atoms with van der Waals surface area (Å²) in [4.78, 5) is 28.1. The number of imide groups is 1. The number of morpholine rings is 1. The van der Waals surface area contributed by atoms with E-state index in [0.29, 0.717) is 37.7 Å². The first-order chi connectivity index (χ1) is 10.2. The lowest BCUT2D eigenvalue weighted by atomic mass is 10.2. The molecule has 0 radical (unpaired) electrons. The van der Waals surface area contributed by atoms with Crippen molar-refractivity contribution in [1.82, 2.24) is 4.90 Å². The van der Waals surface area contributed by atoms with Gasteiger partial charge in [-0.3, -0.25) is 14.5 Å². The summed E-state index contributed by atoms with van der Waals surface area (Å²) in [5.41, 5.74) is 0.599. The zero-order valence-corrected chi connectivity index (χ0v) is 11.9. The van der Waals surface area contributed by atoms with Gasteiger partial charge in [0.1, 0.15) is 5.75 Å². The Labute approximate surface area is 123 Å². The van der Waals surface area contributed by atoms with Crippen LogP contribution in [-0.2, 0) is 14.3 Å². The smallest absolute Gasteiger partial charge is 0.251 e. The summed E-state index contributed by atoms with van der Waals surface area (Å²) < 4.78 is 10.4. The molecule has 2 fully saturated rings. The van der Waals surface area contributed by atoms with Gasteiger partial charge in [-0.2, -0.15) is 0 Å². The number of anilines is 1. The van der Waals surface area contributed by atoms with Crippen molar-refractivity contribution in [2.45, 2.75) is 12.5 Å². The molecule has 0 unspecified atom stereocenters. The number of amides is 2. The third-order valence-corrected chi connectivity index (χ3v) is 3.94. The van der Waals surface area contributed by atoms with Crippen LogP contribution in [0, 0.1) is 0 Å². The summed E-state index contributed by atoms with van der Waals surface area (Å²) in [6, 6.07) is 6.60. The van der Waals surface area contributed by atoms with Crippen LogP contribution >= 0.6 is 0 Å². The first-order valence-electron chi connectivity index (χ1n) is 7.03. The van der Waals surface area contributed by atoms with E-state index in [4.69, 9.17) is 9.47 Å². The SMILES string of the molecule is COc1ccc(N2C(=O)C[C@H](N3CCOCC3)C2=O)cc1. The van der Waals surface area contributed by atoms with Crippen LogP contribution in [0.1, 0.15) is 6.42 Å². The van der Waals surface area contributed by atoms with Crippen molar-refractivity contribution in [2.75, 3.05) is 38.3 Å². The molecule has 1 atom stereocenters. The van der Waals surface area contributed by atoms with Crippen molar-refractivity contribution in [3.05, 3.63) is 24.3 Å². The van der Waals surface area contributed by atoms with Crippen molar-refractivity contribution in [1.29, 1.82) is 0 Å². The Balaban J connectivity index is 1.79. The minimum absolute atomic E-state index is 0.146. The number of benzene rings is 1. The summed E-state index contributed by atoms with van der Waals surface area (Å²) in [6.07, 6.45) is 0.241. The van der Waals surface area contributed by atoms with Crippen molar-refractivity contribution in [2.24, 2.45) is 0 Å². The van der Waals surface area contributed by atoms with Gasteiger partial charge >= 0.3 is 0 Å². The Morgan fingerprint density at radius 3 is 2.43 bits per heavy atom. The molecule has 112 valence electrons. The third kappa shape index (κ3) is 2.64. The lowest BCUT2D eigenvalue weighted by Crippen LogP contribution is -2.47. The fourth-order valence-electron chi connectivity index (χ4n) is 2.79. The van der Waals surface area contributed by atoms with E-state index in [-0.39, 0.29) is 24.3 Å². The molecule has 6 nitrogen and oxygen atoms in total. The molecule has 1 aromatic rings. The highest BCUT2D eigenvalue weighted by Gasteiger charge is 2.42. The lowest BCUT2D eigenvalue weighted by molar-refractivity contribution is -0.123. The molecule has 1 aromatic carbocycles. The molecule has 2 heterocycles. The Morgan fingerprint density at radius 1 is 1.14 bits per heavy atom. The molecule has 0 spiro atoms. The second kappa shape index (κ2) is 5.83. The standard InChI is InChI=1S/C15H18N2O4/c1-20-12-4-2-11(3-5-12)17-14(18)10-13(15(17)19)16-6-8-21-9-7-16/h2-5,13H,6-10H2,1H3/t13-/m0/s1. The molecule has 2 saturated heterocycles. The van der Waals surface area contributed by atoms with Gasteiger partial charge in [0.25, 0.3) is 5.91 Å². The van der Waals surface area contributed by atoms with Crippen molar-refractivity contribution >= 4 is 17.5 Å². The average Bonchev–Trinajstić information content (AvgIpc) is 2.83. The van der Waals surface area contributed by atoms with Crippen molar-refractivity contribution in [3.63, 3.8) is 0 Å². The molecule has 6 heteroatoms. The number of methoxy groups -OCH3 is 1. The van der Waals surface area contributed by atoms with Crippen LogP contribution in [0.2, 0.25) is 0 Å². The summed E-state index contributed by atoms with van der Waals surface area (Å²) >= 11 is 0. The van der Waals surface area contributed by atoms with E-state index in [2.05, 4.69) is 0 Å². The largest absolute Gasteiger partial charge is 0.497 e. The predicted octanol–water partition coefficient (Wildman–Crippen LogP) is 0.659. The Morgan fingerprint density at radius 2 is 1.81 bits per heavy atom. The minimum atomic E-state index is -0.358. The van der Waals surface area contributed by atoms with Gasteiger partial charge in [-0.1, -0.05) is 0 Å². The second-order valence-corrected chi connectivity index (χ2v) is 5.13. The van der Waals surface area contributed by atoms with Gasteiger partial charge in [0.2, 0.25) is 5.91 Å². The van der Waals surface area contributed by atoms with E-state index >= 15 is 0 Å². The van der Waals surface area contributed by atoms with Crippen LogP contribution in [0.3, 0.4) is 0 Å². The molecule has 0 aromatic heterocycles. The topological polar surface area (TPSA) is 59.1 Å². The summed E-state index contributed by atoms with van der Waals surface area (Å²) in [5, 5.41) is 0. The zero-order valence-electron chi connectivity index (χ0n) is 11.9. The molecule has 21 heavy (non-hydrogen) atoms. The highest BCUT2D eigenvalue weighted by atomic mass is 16.5. The average molecular weight is 290 g/mol. The van der Waals surface area contributed by atoms with Gasteiger partial charge in [0.05, 0.1) is 38.5 Å². The molecule has 0 bridgehead atoms. The monoisotopic (exact) mass is 290 g/mol. The maximum Gasteiger partial charge on any atom is 0.251 e. The van der Waals surface area contributed by atoms with Gasteiger partial charge in [0.15, 0.2) is 0 Å². The summed E-state index contributed by atoms with van der Waals surface area (Å²) in [7, 11) is 1.58. The molecule has 2 amide bonds. The number of rotatable bonds is 3. The molecule has 3 rings (SSSR count). The first kappa shape index (κ1) is 14.0. The van der Waals surface area contributed by atoms with E-state index < -0.39 is 0 Å². The number of hydrogen-bond donors (Lipinski definition) is 0. The van der Waals surface area contributed by atoms with E-state index in [9.17, 15) is 9.59 Å². The molecule has 0 N–H and O–H groups in total. The van der Waals surface area contributed by atoms with Crippen molar-refractivity contribution < 1.29 is 19.1 Å². The second-order valence-electron chi connectivity index (χ2n) is 5.13. The van der Waals surface area contributed by atoms with Crippen LogP contribution in [0.4, 0.5) is 5.69 Å². The number of ether oxygens (including phenoxy) is 2. The Hall–Kier alpha value is -1.92. The zero-order chi connectivity index (χ0) is 14.8. The number of nitrogens with zero attached hydrogens (tertiary/aromatic N) is 2. The third-order valence-electron chi connectivity index (χ3n) is 3.94.